The van der Waals surface area contributed by atoms with Gasteiger partial charge in [-0.2, -0.15) is 0 Å². The van der Waals surface area contributed by atoms with E-state index in [0.29, 0.717) is 28.7 Å². The maximum absolute atomic E-state index is 12.6. The van der Waals surface area contributed by atoms with Crippen LogP contribution in [-0.2, 0) is 14.8 Å². The summed E-state index contributed by atoms with van der Waals surface area (Å²) in [7, 11) is -3.67. The van der Waals surface area contributed by atoms with Crippen molar-refractivity contribution in [3.63, 3.8) is 0 Å². The largest absolute Gasteiger partial charge is 0.312 e. The SMILES string of the molecule is Cc1ccc(Br)cc1S(=O)(=O)Nc1ccc(N2CCCC2=O)cc1. The Balaban J connectivity index is 1.83. The lowest BCUT2D eigenvalue weighted by Gasteiger charge is -2.16. The summed E-state index contributed by atoms with van der Waals surface area (Å²) in [6.07, 6.45) is 1.42. The van der Waals surface area contributed by atoms with Crippen LogP contribution < -0.4 is 9.62 Å². The van der Waals surface area contributed by atoms with Gasteiger partial charge in [0.15, 0.2) is 0 Å². The summed E-state index contributed by atoms with van der Waals surface area (Å²) in [6, 6.07) is 12.0. The third-order valence-corrected chi connectivity index (χ3v) is 5.96. The van der Waals surface area contributed by atoms with Gasteiger partial charge < -0.3 is 4.90 Å². The molecule has 1 fully saturated rings. The molecule has 3 rings (SSSR count). The Morgan fingerprint density at radius 3 is 2.46 bits per heavy atom. The first-order valence-electron chi connectivity index (χ1n) is 7.56. The van der Waals surface area contributed by atoms with Crippen molar-refractivity contribution in [1.82, 2.24) is 0 Å². The molecule has 1 amide bonds. The van der Waals surface area contributed by atoms with Gasteiger partial charge in [0.05, 0.1) is 4.90 Å². The van der Waals surface area contributed by atoms with Crippen LogP contribution in [-0.4, -0.2) is 20.9 Å². The molecule has 24 heavy (non-hydrogen) atoms. The van der Waals surface area contributed by atoms with Gasteiger partial charge in [-0.25, -0.2) is 8.42 Å². The zero-order valence-corrected chi connectivity index (χ0v) is 15.5. The molecule has 0 saturated carbocycles. The van der Waals surface area contributed by atoms with Crippen LogP contribution in [0.3, 0.4) is 0 Å². The highest BCUT2D eigenvalue weighted by molar-refractivity contribution is 9.10. The Kier molecular flexibility index (Phi) is 4.64. The number of carbonyl (C=O) groups excluding carboxylic acids is 1. The number of anilines is 2. The van der Waals surface area contributed by atoms with Gasteiger partial charge in [-0.1, -0.05) is 22.0 Å². The van der Waals surface area contributed by atoms with Gasteiger partial charge in [-0.15, -0.1) is 0 Å². The predicted molar refractivity (Wildman–Crippen MR) is 97.7 cm³/mol. The lowest BCUT2D eigenvalue weighted by molar-refractivity contribution is -0.117. The molecule has 1 N–H and O–H groups in total. The fraction of sp³-hybridized carbons (Fsp3) is 0.235. The van der Waals surface area contributed by atoms with E-state index in [9.17, 15) is 13.2 Å². The zero-order valence-electron chi connectivity index (χ0n) is 13.1. The summed E-state index contributed by atoms with van der Waals surface area (Å²) in [6.45, 7) is 2.46. The van der Waals surface area contributed by atoms with Crippen LogP contribution in [0.25, 0.3) is 0 Å². The Labute approximate surface area is 149 Å². The minimum absolute atomic E-state index is 0.105. The quantitative estimate of drug-likeness (QED) is 0.838. The molecule has 0 aromatic heterocycles. The van der Waals surface area contributed by atoms with Crippen LogP contribution in [0.1, 0.15) is 18.4 Å². The van der Waals surface area contributed by atoms with Crippen molar-refractivity contribution in [1.29, 1.82) is 0 Å². The second kappa shape index (κ2) is 6.57. The van der Waals surface area contributed by atoms with Crippen molar-refractivity contribution in [2.75, 3.05) is 16.2 Å². The summed E-state index contributed by atoms with van der Waals surface area (Å²) in [5, 5.41) is 0. The van der Waals surface area contributed by atoms with Gasteiger partial charge in [-0.05, 0) is 55.3 Å². The van der Waals surface area contributed by atoms with Crippen molar-refractivity contribution >= 4 is 43.2 Å². The zero-order chi connectivity index (χ0) is 17.3. The number of sulfonamides is 1. The van der Waals surface area contributed by atoms with Crippen LogP contribution in [0, 0.1) is 6.92 Å². The maximum Gasteiger partial charge on any atom is 0.262 e. The minimum Gasteiger partial charge on any atom is -0.312 e. The molecule has 0 spiro atoms. The second-order valence-corrected chi connectivity index (χ2v) is 8.28. The molecule has 2 aromatic rings. The van der Waals surface area contributed by atoms with Crippen LogP contribution in [0.5, 0.6) is 0 Å². The molecule has 1 aliphatic rings. The number of aryl methyl sites for hydroxylation is 1. The highest BCUT2D eigenvalue weighted by Gasteiger charge is 2.22. The molecule has 5 nitrogen and oxygen atoms in total. The lowest BCUT2D eigenvalue weighted by Crippen LogP contribution is -2.23. The monoisotopic (exact) mass is 408 g/mol. The molecule has 0 radical (unpaired) electrons. The minimum atomic E-state index is -3.67. The van der Waals surface area contributed by atoms with Gasteiger partial charge in [-0.3, -0.25) is 9.52 Å². The van der Waals surface area contributed by atoms with Crippen LogP contribution in [0.2, 0.25) is 0 Å². The first-order chi connectivity index (χ1) is 11.4. The number of amides is 1. The van der Waals surface area contributed by atoms with Crippen LogP contribution in [0.4, 0.5) is 11.4 Å². The number of halogens is 1. The first kappa shape index (κ1) is 17.0. The van der Waals surface area contributed by atoms with Gasteiger partial charge >= 0.3 is 0 Å². The summed E-state index contributed by atoms with van der Waals surface area (Å²) < 4.78 is 28.4. The molecule has 0 bridgehead atoms. The molecule has 7 heteroatoms. The van der Waals surface area contributed by atoms with Crippen LogP contribution >= 0.6 is 15.9 Å². The highest BCUT2D eigenvalue weighted by Crippen LogP contribution is 2.26. The van der Waals surface area contributed by atoms with Crippen molar-refractivity contribution in [2.45, 2.75) is 24.7 Å². The number of nitrogens with zero attached hydrogens (tertiary/aromatic N) is 1. The predicted octanol–water partition coefficient (Wildman–Crippen LogP) is 3.69. The van der Waals surface area contributed by atoms with Crippen molar-refractivity contribution in [2.24, 2.45) is 0 Å². The fourth-order valence-corrected chi connectivity index (χ4v) is 4.55. The summed E-state index contributed by atoms with van der Waals surface area (Å²) in [4.78, 5) is 13.7. The molecule has 1 saturated heterocycles. The van der Waals surface area contributed by atoms with Crippen LogP contribution in [0.15, 0.2) is 51.8 Å². The molecule has 0 unspecified atom stereocenters. The van der Waals surface area contributed by atoms with E-state index in [2.05, 4.69) is 20.7 Å². The summed E-state index contributed by atoms with van der Waals surface area (Å²) >= 11 is 3.30. The second-order valence-electron chi connectivity index (χ2n) is 5.71. The van der Waals surface area contributed by atoms with Crippen molar-refractivity contribution in [3.8, 4) is 0 Å². The summed E-state index contributed by atoms with van der Waals surface area (Å²) in [5.41, 5.74) is 1.92. The first-order valence-corrected chi connectivity index (χ1v) is 9.84. The van der Waals surface area contributed by atoms with Crippen molar-refractivity contribution in [3.05, 3.63) is 52.5 Å². The molecular formula is C17H17BrN2O3S. The van der Waals surface area contributed by atoms with E-state index in [-0.39, 0.29) is 10.8 Å². The maximum atomic E-state index is 12.6. The standard InChI is InChI=1S/C17H17BrN2O3S/c1-12-4-5-13(18)11-16(12)24(22,23)19-14-6-8-15(9-7-14)20-10-2-3-17(20)21/h4-9,11,19H,2-3,10H2,1H3. The molecule has 0 aliphatic carbocycles. The number of hydrogen-bond donors (Lipinski definition) is 1. The van der Waals surface area contributed by atoms with Gasteiger partial charge in [0.1, 0.15) is 0 Å². The van der Waals surface area contributed by atoms with Crippen molar-refractivity contribution < 1.29 is 13.2 Å². The Bertz CT molecular complexity index is 879. The normalized spacial score (nSPS) is 14.9. The number of carbonyl (C=O) groups is 1. The number of hydrogen-bond acceptors (Lipinski definition) is 3. The average molecular weight is 409 g/mol. The van der Waals surface area contributed by atoms with E-state index in [4.69, 9.17) is 0 Å². The Morgan fingerprint density at radius 2 is 1.83 bits per heavy atom. The number of benzene rings is 2. The average Bonchev–Trinajstić information content (AvgIpc) is 2.96. The molecule has 1 aliphatic heterocycles. The fourth-order valence-electron chi connectivity index (χ4n) is 2.70. The number of rotatable bonds is 4. The Hall–Kier alpha value is -1.86. The highest BCUT2D eigenvalue weighted by atomic mass is 79.9. The lowest BCUT2D eigenvalue weighted by atomic mass is 10.2. The van der Waals surface area contributed by atoms with E-state index in [1.807, 2.05) is 0 Å². The summed E-state index contributed by atoms with van der Waals surface area (Å²) in [5.74, 6) is 0.105. The van der Waals surface area contributed by atoms with E-state index in [1.54, 1.807) is 54.3 Å². The third-order valence-electron chi connectivity index (χ3n) is 3.94. The van der Waals surface area contributed by atoms with Gasteiger partial charge in [0, 0.05) is 28.8 Å². The Morgan fingerprint density at radius 1 is 1.12 bits per heavy atom. The topological polar surface area (TPSA) is 66.5 Å². The van der Waals surface area contributed by atoms with E-state index in [1.165, 1.54) is 0 Å². The van der Waals surface area contributed by atoms with E-state index < -0.39 is 10.0 Å². The number of nitrogens with one attached hydrogen (secondary N) is 1. The molecule has 1 heterocycles. The molecule has 2 aromatic carbocycles. The molecular weight excluding hydrogens is 392 g/mol. The third kappa shape index (κ3) is 3.47. The van der Waals surface area contributed by atoms with Gasteiger partial charge in [0.2, 0.25) is 5.91 Å². The van der Waals surface area contributed by atoms with E-state index >= 15 is 0 Å². The molecule has 0 atom stereocenters. The van der Waals surface area contributed by atoms with Gasteiger partial charge in [0.25, 0.3) is 10.0 Å². The smallest absolute Gasteiger partial charge is 0.262 e. The van der Waals surface area contributed by atoms with E-state index in [0.717, 1.165) is 12.1 Å². The molecule has 126 valence electrons.